The van der Waals surface area contributed by atoms with E-state index in [0.717, 1.165) is 19.7 Å². The summed E-state index contributed by atoms with van der Waals surface area (Å²) in [4.78, 5) is 0. The largest absolute Gasteiger partial charge is 0.366 e. The van der Waals surface area contributed by atoms with Crippen LogP contribution in [-0.4, -0.2) is 0 Å². The van der Waals surface area contributed by atoms with Gasteiger partial charge in [0.2, 0.25) is 0 Å². The molecule has 0 unspecified atom stereocenters. The number of hydrogen-bond donors (Lipinski definition) is 0. The topological polar surface area (TPSA) is 0 Å². The molecule has 2 radical (unpaired) electrons. The van der Waals surface area contributed by atoms with Crippen molar-refractivity contribution in [3.05, 3.63) is 57.2 Å². The van der Waals surface area contributed by atoms with E-state index in [4.69, 9.17) is 12.8 Å². The van der Waals surface area contributed by atoms with Gasteiger partial charge < -0.3 is 12.8 Å². The molecule has 0 heterocycles. The van der Waals surface area contributed by atoms with Crippen LogP contribution in [0.4, 0.5) is 0 Å². The van der Waals surface area contributed by atoms with Crippen LogP contribution in [-0.2, 0) is 65.4 Å². The van der Waals surface area contributed by atoms with Crippen LogP contribution in [0.25, 0.3) is 10.8 Å². The van der Waals surface area contributed by atoms with Gasteiger partial charge in [-0.3, -0.25) is 11.8 Å². The van der Waals surface area contributed by atoms with Crippen molar-refractivity contribution in [1.82, 2.24) is 0 Å². The summed E-state index contributed by atoms with van der Waals surface area (Å²) in [5.74, 6) is 4.82. The molecule has 0 fully saturated rings. The van der Waals surface area contributed by atoms with Crippen LogP contribution in [0.1, 0.15) is 11.1 Å². The summed E-state index contributed by atoms with van der Waals surface area (Å²) in [7, 11) is 0. The quantitative estimate of drug-likeness (QED) is 0.368. The van der Waals surface area contributed by atoms with Crippen molar-refractivity contribution in [2.45, 2.75) is 0 Å². The molecule has 0 amide bonds. The molecule has 0 aliphatic rings. The SMILES string of the molecule is [C-]#Cc1c(Br)ccc2c(C#[C-])c(Br)ccc12.[Y].[Y]. The number of rotatable bonds is 0. The molecule has 0 saturated carbocycles. The summed E-state index contributed by atoms with van der Waals surface area (Å²) in [5.41, 5.74) is 1.39. The molecule has 82 valence electrons. The number of fused-ring (bicyclic) bond motifs is 1. The fraction of sp³-hybridized carbons (Fsp3) is 0. The Morgan fingerprint density at radius 2 is 1.06 bits per heavy atom. The van der Waals surface area contributed by atoms with Gasteiger partial charge in [0.25, 0.3) is 0 Å². The van der Waals surface area contributed by atoms with Crippen molar-refractivity contribution in [2.75, 3.05) is 0 Å². The van der Waals surface area contributed by atoms with Gasteiger partial charge >= 0.3 is 0 Å². The van der Waals surface area contributed by atoms with Gasteiger partial charge in [-0.2, -0.15) is 0 Å². The second-order valence-corrected chi connectivity index (χ2v) is 4.90. The number of hydrogen-bond acceptors (Lipinski definition) is 0. The maximum Gasteiger partial charge on any atom is 0 e. The summed E-state index contributed by atoms with van der Waals surface area (Å²) in [6.45, 7) is 0. The van der Waals surface area contributed by atoms with Gasteiger partial charge in [-0.15, -0.1) is 21.9 Å². The zero-order chi connectivity index (χ0) is 11.7. The molecule has 18 heavy (non-hydrogen) atoms. The Hall–Kier alpha value is 0.988. The second kappa shape index (κ2) is 8.31. The molecule has 0 N–H and O–H groups in total. The normalized spacial score (nSPS) is 8.67. The molecule has 4 heteroatoms. The minimum absolute atomic E-state index is 0. The Kier molecular flexibility index (Phi) is 8.77. The van der Waals surface area contributed by atoms with Gasteiger partial charge in [0, 0.05) is 65.4 Å². The minimum atomic E-state index is 0. The smallest absolute Gasteiger partial charge is 0 e. The average molecular weight is 510 g/mol. The Balaban J connectivity index is 0.00000144. The second-order valence-electron chi connectivity index (χ2n) is 3.19. The van der Waals surface area contributed by atoms with Gasteiger partial charge in [-0.05, 0) is 8.95 Å². The zero-order valence-corrected chi connectivity index (χ0v) is 18.1. The first-order valence-electron chi connectivity index (χ1n) is 4.45. The van der Waals surface area contributed by atoms with E-state index in [-0.39, 0.29) is 65.4 Å². The van der Waals surface area contributed by atoms with Crippen molar-refractivity contribution in [2.24, 2.45) is 0 Å². The van der Waals surface area contributed by atoms with Gasteiger partial charge in [0.1, 0.15) is 0 Å². The van der Waals surface area contributed by atoms with Crippen LogP contribution >= 0.6 is 31.9 Å². The fourth-order valence-corrected chi connectivity index (χ4v) is 2.50. The van der Waals surface area contributed by atoms with Crippen LogP contribution < -0.4 is 0 Å². The number of halogens is 2. The van der Waals surface area contributed by atoms with Crippen LogP contribution in [0.5, 0.6) is 0 Å². The first-order chi connectivity index (χ1) is 7.69. The van der Waals surface area contributed by atoms with Crippen molar-refractivity contribution in [3.8, 4) is 11.8 Å². The predicted molar refractivity (Wildman–Crippen MR) is 71.8 cm³/mol. The zero-order valence-electron chi connectivity index (χ0n) is 9.22. The van der Waals surface area contributed by atoms with E-state index in [9.17, 15) is 0 Å². The van der Waals surface area contributed by atoms with Crippen molar-refractivity contribution in [1.29, 1.82) is 0 Å². The molecular weight excluding hydrogens is 506 g/mol. The van der Waals surface area contributed by atoms with Crippen molar-refractivity contribution in [3.63, 3.8) is 0 Å². The van der Waals surface area contributed by atoms with E-state index >= 15 is 0 Å². The maximum atomic E-state index is 7.29. The molecule has 2 rings (SSSR count). The monoisotopic (exact) mass is 508 g/mol. The maximum absolute atomic E-state index is 7.29. The van der Waals surface area contributed by atoms with Crippen LogP contribution in [0.2, 0.25) is 0 Å². The Morgan fingerprint density at radius 1 is 0.722 bits per heavy atom. The third-order valence-corrected chi connectivity index (χ3v) is 3.67. The summed E-state index contributed by atoms with van der Waals surface area (Å²) < 4.78 is 1.65. The van der Waals surface area contributed by atoms with E-state index in [1.54, 1.807) is 0 Å². The van der Waals surface area contributed by atoms with Crippen molar-refractivity contribution < 1.29 is 65.4 Å². The van der Waals surface area contributed by atoms with Gasteiger partial charge in [-0.1, -0.05) is 56.1 Å². The van der Waals surface area contributed by atoms with E-state index < -0.39 is 0 Å². The molecule has 0 aromatic heterocycles. The van der Waals surface area contributed by atoms with Crippen LogP contribution in [0, 0.1) is 24.7 Å². The summed E-state index contributed by atoms with van der Waals surface area (Å²) in [6, 6.07) is 7.52. The van der Waals surface area contributed by atoms with Crippen LogP contribution in [0.3, 0.4) is 0 Å². The first kappa shape index (κ1) is 19.0. The summed E-state index contributed by atoms with van der Waals surface area (Å²) >= 11 is 6.76. The summed E-state index contributed by atoms with van der Waals surface area (Å²) in [5, 5.41) is 1.78. The Labute approximate surface area is 174 Å². The molecule has 2 aromatic carbocycles. The molecular formula is C14H4Br2Y2-2. The molecule has 0 saturated heterocycles. The summed E-state index contributed by atoms with van der Waals surface area (Å²) in [6.07, 6.45) is 14.6. The molecule has 0 atom stereocenters. The van der Waals surface area contributed by atoms with E-state index in [1.165, 1.54) is 0 Å². The number of benzene rings is 2. The average Bonchev–Trinajstić information content (AvgIpc) is 2.29. The molecule has 0 aliphatic heterocycles. The molecule has 0 nitrogen and oxygen atoms in total. The standard InChI is InChI=1S/C14H4Br2.2Y/c1-3-9-11-5-8-14(16)10(4-2)12(11)6-7-13(9)15;;/h5-8H;;/q-2;;. The third-order valence-electron chi connectivity index (χ3n) is 2.35. The fourth-order valence-electron chi connectivity index (χ4n) is 1.61. The third kappa shape index (κ3) is 3.55. The van der Waals surface area contributed by atoms with E-state index in [0.29, 0.717) is 11.1 Å². The minimum Gasteiger partial charge on any atom is -0.366 e. The van der Waals surface area contributed by atoms with Gasteiger partial charge in [0.05, 0.1) is 0 Å². The van der Waals surface area contributed by atoms with Crippen molar-refractivity contribution >= 4 is 42.6 Å². The predicted octanol–water partition coefficient (Wildman–Crippen LogP) is 4.24. The first-order valence-corrected chi connectivity index (χ1v) is 6.04. The molecule has 0 aliphatic carbocycles. The molecule has 0 spiro atoms. The molecule has 0 bridgehead atoms. The van der Waals surface area contributed by atoms with E-state index in [1.807, 2.05) is 24.3 Å². The molecule has 2 aromatic rings. The van der Waals surface area contributed by atoms with Gasteiger partial charge in [0.15, 0.2) is 0 Å². The van der Waals surface area contributed by atoms with E-state index in [2.05, 4.69) is 43.7 Å². The van der Waals surface area contributed by atoms with Crippen LogP contribution in [0.15, 0.2) is 33.2 Å². The Bertz CT molecular complexity index is 605. The Morgan fingerprint density at radius 3 is 1.33 bits per heavy atom. The van der Waals surface area contributed by atoms with Gasteiger partial charge in [-0.25, -0.2) is 0 Å².